The maximum absolute atomic E-state index is 14.1. The molecular weight excluding hydrogens is 440 g/mol. The van der Waals surface area contributed by atoms with Crippen LogP contribution in [0.1, 0.15) is 76.7 Å². The SMILES string of the molecule is CC(=O)O[C@]12C[C@H](C)[C@H](OC(=O)c3ccc(C)cc3)[C@@H]1/C=C(/C)CC[C@H]1[C@@H](/C=C(\C)C2=O)C1(C)C. The van der Waals surface area contributed by atoms with E-state index in [1.165, 1.54) is 6.92 Å². The monoisotopic (exact) mass is 478 g/mol. The number of benzene rings is 1. The predicted octanol–water partition coefficient (Wildman–Crippen LogP) is 6.01. The van der Waals surface area contributed by atoms with Gasteiger partial charge in [0, 0.05) is 13.3 Å². The standard InChI is InChI=1S/C30H38O5/c1-17-8-11-22(12-9-17)28(33)34-26-20(4)16-30(35-21(5)31)25(26)14-18(2)10-13-23-24(29(23,6)7)15-19(3)27(30)32/h8-9,11-12,14-15,20,23-26H,10,13,16H2,1-7H3/b18-14-,19-15+/t20-,23-,24+,25-,26-,30+/m0/s1. The molecule has 0 bridgehead atoms. The Balaban J connectivity index is 1.76. The minimum absolute atomic E-state index is 0.157. The van der Waals surface area contributed by atoms with Crippen molar-refractivity contribution < 1.29 is 23.9 Å². The largest absolute Gasteiger partial charge is 0.458 e. The summed E-state index contributed by atoms with van der Waals surface area (Å²) in [5.74, 6) is -0.963. The highest BCUT2D eigenvalue weighted by Crippen LogP contribution is 2.62. The second kappa shape index (κ2) is 9.07. The Morgan fingerprint density at radius 3 is 2.29 bits per heavy atom. The van der Waals surface area contributed by atoms with Crippen molar-refractivity contribution in [1.82, 2.24) is 0 Å². The van der Waals surface area contributed by atoms with Crippen LogP contribution in [0.5, 0.6) is 0 Å². The van der Waals surface area contributed by atoms with Crippen molar-refractivity contribution in [3.05, 3.63) is 58.7 Å². The van der Waals surface area contributed by atoms with Gasteiger partial charge in [-0.1, -0.05) is 56.2 Å². The molecule has 2 saturated carbocycles. The molecule has 0 amide bonds. The van der Waals surface area contributed by atoms with Crippen LogP contribution in [0.4, 0.5) is 0 Å². The highest BCUT2D eigenvalue weighted by molar-refractivity contribution is 6.03. The molecule has 1 aromatic carbocycles. The summed E-state index contributed by atoms with van der Waals surface area (Å²) in [5.41, 5.74) is 2.05. The Morgan fingerprint density at radius 1 is 1.00 bits per heavy atom. The van der Waals surface area contributed by atoms with E-state index >= 15 is 0 Å². The van der Waals surface area contributed by atoms with Gasteiger partial charge in [0.2, 0.25) is 5.78 Å². The van der Waals surface area contributed by atoms with E-state index in [0.29, 0.717) is 29.4 Å². The molecule has 1 aromatic rings. The molecule has 0 heterocycles. The number of carbonyl (C=O) groups is 3. The van der Waals surface area contributed by atoms with Gasteiger partial charge in [0.1, 0.15) is 6.10 Å². The number of hydrogen-bond donors (Lipinski definition) is 0. The minimum atomic E-state index is -1.38. The van der Waals surface area contributed by atoms with Gasteiger partial charge < -0.3 is 9.47 Å². The lowest BCUT2D eigenvalue weighted by atomic mass is 9.81. The summed E-state index contributed by atoms with van der Waals surface area (Å²) in [7, 11) is 0. The number of fused-ring (bicyclic) bond motifs is 2. The van der Waals surface area contributed by atoms with Crippen LogP contribution in [0.2, 0.25) is 0 Å². The van der Waals surface area contributed by atoms with E-state index in [4.69, 9.17) is 9.47 Å². The van der Waals surface area contributed by atoms with Crippen molar-refractivity contribution in [2.24, 2.45) is 29.1 Å². The topological polar surface area (TPSA) is 69.7 Å². The van der Waals surface area contributed by atoms with Gasteiger partial charge in [-0.05, 0) is 74.5 Å². The van der Waals surface area contributed by atoms with Gasteiger partial charge >= 0.3 is 11.9 Å². The molecule has 5 nitrogen and oxygen atoms in total. The Morgan fingerprint density at radius 2 is 1.66 bits per heavy atom. The third-order valence-corrected chi connectivity index (χ3v) is 8.56. The molecule has 5 heteroatoms. The Bertz CT molecular complexity index is 1090. The lowest BCUT2D eigenvalue weighted by Crippen LogP contribution is -2.48. The first-order chi connectivity index (χ1) is 16.4. The molecule has 0 aromatic heterocycles. The van der Waals surface area contributed by atoms with E-state index in [-0.39, 0.29) is 17.1 Å². The molecule has 0 N–H and O–H groups in total. The van der Waals surface area contributed by atoms with Gasteiger partial charge in [-0.2, -0.15) is 0 Å². The molecule has 0 spiro atoms. The number of Topliss-reactive ketones (excluding diaryl/α,β-unsaturated/α-hetero) is 1. The first-order valence-electron chi connectivity index (χ1n) is 12.7. The average Bonchev–Trinajstić information content (AvgIpc) is 3.19. The number of aryl methyl sites for hydroxylation is 1. The summed E-state index contributed by atoms with van der Waals surface area (Å²) in [5, 5.41) is 0. The van der Waals surface area contributed by atoms with Crippen LogP contribution in [-0.4, -0.2) is 29.4 Å². The molecular formula is C30H38O5. The summed E-state index contributed by atoms with van der Waals surface area (Å²) < 4.78 is 12.0. The van der Waals surface area contributed by atoms with E-state index < -0.39 is 29.6 Å². The van der Waals surface area contributed by atoms with Crippen LogP contribution in [0, 0.1) is 36.0 Å². The second-order valence-corrected chi connectivity index (χ2v) is 11.6. The van der Waals surface area contributed by atoms with Crippen LogP contribution in [0.3, 0.4) is 0 Å². The van der Waals surface area contributed by atoms with Gasteiger partial charge in [0.25, 0.3) is 0 Å². The van der Waals surface area contributed by atoms with Crippen molar-refractivity contribution in [3.63, 3.8) is 0 Å². The van der Waals surface area contributed by atoms with Gasteiger partial charge in [-0.15, -0.1) is 0 Å². The minimum Gasteiger partial charge on any atom is -0.458 e. The van der Waals surface area contributed by atoms with E-state index in [2.05, 4.69) is 26.8 Å². The van der Waals surface area contributed by atoms with Crippen LogP contribution < -0.4 is 0 Å². The molecule has 35 heavy (non-hydrogen) atoms. The fraction of sp³-hybridized carbons (Fsp3) is 0.567. The van der Waals surface area contributed by atoms with Crippen molar-refractivity contribution in [3.8, 4) is 0 Å². The maximum Gasteiger partial charge on any atom is 0.338 e. The molecule has 0 saturated heterocycles. The zero-order chi connectivity index (χ0) is 25.7. The smallest absolute Gasteiger partial charge is 0.338 e. The number of ether oxygens (including phenoxy) is 2. The predicted molar refractivity (Wildman–Crippen MR) is 135 cm³/mol. The fourth-order valence-corrected chi connectivity index (χ4v) is 6.43. The average molecular weight is 479 g/mol. The first-order valence-corrected chi connectivity index (χ1v) is 12.7. The van der Waals surface area contributed by atoms with Crippen molar-refractivity contribution in [2.45, 2.75) is 79.4 Å². The van der Waals surface area contributed by atoms with Crippen molar-refractivity contribution in [1.29, 1.82) is 0 Å². The molecule has 0 unspecified atom stereocenters. The second-order valence-electron chi connectivity index (χ2n) is 11.6. The molecule has 4 rings (SSSR count). The molecule has 6 atom stereocenters. The normalized spacial score (nSPS) is 36.9. The first kappa shape index (κ1) is 25.4. The van der Waals surface area contributed by atoms with E-state index in [1.807, 2.05) is 39.0 Å². The van der Waals surface area contributed by atoms with Crippen LogP contribution in [0.25, 0.3) is 0 Å². The van der Waals surface area contributed by atoms with Crippen molar-refractivity contribution in [2.75, 3.05) is 0 Å². The lowest BCUT2D eigenvalue weighted by molar-refractivity contribution is -0.168. The van der Waals surface area contributed by atoms with Gasteiger partial charge in [0.15, 0.2) is 5.60 Å². The number of rotatable bonds is 3. The summed E-state index contributed by atoms with van der Waals surface area (Å²) in [4.78, 5) is 39.5. The van der Waals surface area contributed by atoms with Crippen molar-refractivity contribution >= 4 is 17.7 Å². The zero-order valence-electron chi connectivity index (χ0n) is 22.0. The molecule has 2 fully saturated rings. The maximum atomic E-state index is 14.1. The van der Waals surface area contributed by atoms with Gasteiger partial charge in [0.05, 0.1) is 11.5 Å². The lowest BCUT2D eigenvalue weighted by Gasteiger charge is -2.34. The quantitative estimate of drug-likeness (QED) is 0.393. The number of hydrogen-bond acceptors (Lipinski definition) is 5. The fourth-order valence-electron chi connectivity index (χ4n) is 6.43. The molecule has 3 aliphatic rings. The molecule has 0 aliphatic heterocycles. The van der Waals surface area contributed by atoms with Crippen LogP contribution in [-0.2, 0) is 19.1 Å². The van der Waals surface area contributed by atoms with E-state index in [0.717, 1.165) is 24.0 Å². The third kappa shape index (κ3) is 4.62. The van der Waals surface area contributed by atoms with Gasteiger partial charge in [-0.25, -0.2) is 4.79 Å². The third-order valence-electron chi connectivity index (χ3n) is 8.56. The number of carbonyl (C=O) groups excluding carboxylic acids is 3. The zero-order valence-corrected chi connectivity index (χ0v) is 22.0. The highest BCUT2D eigenvalue weighted by atomic mass is 16.6. The molecule has 3 aliphatic carbocycles. The number of allylic oxidation sites excluding steroid dienone is 2. The summed E-state index contributed by atoms with van der Waals surface area (Å²) >= 11 is 0. The summed E-state index contributed by atoms with van der Waals surface area (Å²) in [6.07, 6.45) is 5.79. The highest BCUT2D eigenvalue weighted by Gasteiger charge is 2.61. The molecule has 188 valence electrons. The van der Waals surface area contributed by atoms with Crippen LogP contribution in [0.15, 0.2) is 47.6 Å². The summed E-state index contributed by atoms with van der Waals surface area (Å²) in [6, 6.07) is 7.25. The van der Waals surface area contributed by atoms with E-state index in [9.17, 15) is 14.4 Å². The molecule has 0 radical (unpaired) electrons. The van der Waals surface area contributed by atoms with Gasteiger partial charge in [-0.3, -0.25) is 9.59 Å². The van der Waals surface area contributed by atoms with Crippen LogP contribution >= 0.6 is 0 Å². The number of esters is 2. The Labute approximate surface area is 209 Å². The number of ketones is 1. The van der Waals surface area contributed by atoms with E-state index in [1.54, 1.807) is 12.1 Å². The Hall–Kier alpha value is -2.69. The Kier molecular flexibility index (Phi) is 6.58. The summed E-state index contributed by atoms with van der Waals surface area (Å²) in [6.45, 7) is 13.7.